The van der Waals surface area contributed by atoms with Gasteiger partial charge in [0.2, 0.25) is 10.4 Å². The Balaban J connectivity index is 0.000000612. The highest BCUT2D eigenvalue weighted by Gasteiger charge is 2.02. The van der Waals surface area contributed by atoms with Gasteiger partial charge in [0.15, 0.2) is 17.5 Å². The molecule has 0 N–H and O–H groups in total. The molecule has 0 fully saturated rings. The van der Waals surface area contributed by atoms with E-state index in [2.05, 4.69) is 64.7 Å². The number of anilines is 1. The Labute approximate surface area is 177 Å². The van der Waals surface area contributed by atoms with E-state index in [9.17, 15) is 17.8 Å². The molecule has 0 aliphatic heterocycles. The second-order valence-electron chi connectivity index (χ2n) is 6.06. The van der Waals surface area contributed by atoms with Gasteiger partial charge in [0.1, 0.15) is 7.05 Å². The van der Waals surface area contributed by atoms with Crippen LogP contribution >= 0.6 is 11.8 Å². The number of hydrogen-bond acceptors (Lipinski definition) is 7. The minimum Gasteiger partial charge on any atom is -0.726 e. The first-order valence-electron chi connectivity index (χ1n) is 8.70. The molecule has 7 nitrogen and oxygen atoms in total. The highest BCUT2D eigenvalue weighted by molar-refractivity contribution is 8.13. The zero-order valence-electron chi connectivity index (χ0n) is 16.9. The highest BCUT2D eigenvalue weighted by atomic mass is 32.3. The molecule has 9 heteroatoms. The summed E-state index contributed by atoms with van der Waals surface area (Å²) in [6, 6.07) is 12.6. The molecule has 1 aromatic carbocycles. The van der Waals surface area contributed by atoms with Crippen LogP contribution in [0.15, 0.2) is 48.8 Å². The van der Waals surface area contributed by atoms with Crippen molar-refractivity contribution >= 4 is 45.1 Å². The Morgan fingerprint density at radius 3 is 2.07 bits per heavy atom. The van der Waals surface area contributed by atoms with Gasteiger partial charge in [0.25, 0.3) is 0 Å². The number of benzene rings is 1. The summed E-state index contributed by atoms with van der Waals surface area (Å²) in [6.45, 7) is 2.47. The number of pyridine rings is 1. The van der Waals surface area contributed by atoms with Crippen LogP contribution in [0, 0.1) is 0 Å². The van der Waals surface area contributed by atoms with Crippen LogP contribution < -0.4 is 9.47 Å². The van der Waals surface area contributed by atoms with Gasteiger partial charge in [-0.2, -0.15) is 0 Å². The monoisotopic (exact) mass is 438 g/mol. The maximum atomic E-state index is 10.9. The van der Waals surface area contributed by atoms with Crippen molar-refractivity contribution in [1.29, 1.82) is 0 Å². The molecule has 0 bridgehead atoms. The molecule has 158 valence electrons. The van der Waals surface area contributed by atoms with Crippen molar-refractivity contribution in [3.8, 4) is 0 Å². The third-order valence-corrected chi connectivity index (χ3v) is 4.94. The van der Waals surface area contributed by atoms with Crippen LogP contribution in [0.4, 0.5) is 5.69 Å². The number of thioether (sulfide) groups is 1. The quantitative estimate of drug-likeness (QED) is 0.373. The second-order valence-corrected chi connectivity index (χ2v) is 8.48. The van der Waals surface area contributed by atoms with Gasteiger partial charge in [-0.3, -0.25) is 8.98 Å². The summed E-state index contributed by atoms with van der Waals surface area (Å²) in [5.41, 5.74) is 3.53. The summed E-state index contributed by atoms with van der Waals surface area (Å²) in [5.74, 6) is 0.818. The number of rotatable bonds is 7. The first kappa shape index (κ1) is 24.8. The van der Waals surface area contributed by atoms with Gasteiger partial charge in [-0.25, -0.2) is 13.0 Å². The first-order chi connectivity index (χ1) is 13.6. The first-order valence-corrected chi connectivity index (χ1v) is 11.0. The van der Waals surface area contributed by atoms with Crippen molar-refractivity contribution in [2.45, 2.75) is 6.92 Å². The van der Waals surface area contributed by atoms with Gasteiger partial charge in [-0.15, -0.1) is 0 Å². The van der Waals surface area contributed by atoms with Gasteiger partial charge in [-0.1, -0.05) is 36.0 Å². The summed E-state index contributed by atoms with van der Waals surface area (Å²) < 4.78 is 33.0. The molecule has 1 heterocycles. The molecule has 0 saturated carbocycles. The SMILES string of the molecule is CC(=O)SCCN(C)c1ccc(/C=C/c2cc[n+](C)cc2)cc1.COS(=O)(=O)[O-]. The summed E-state index contributed by atoms with van der Waals surface area (Å²) in [4.78, 5) is 13.1. The average molecular weight is 439 g/mol. The lowest BCUT2D eigenvalue weighted by Crippen LogP contribution is -2.25. The lowest BCUT2D eigenvalue weighted by molar-refractivity contribution is -0.671. The van der Waals surface area contributed by atoms with E-state index in [0.717, 1.165) is 25.1 Å². The van der Waals surface area contributed by atoms with Crippen LogP contribution in [0.3, 0.4) is 0 Å². The Bertz CT molecular complexity index is 895. The molecule has 2 rings (SSSR count). The van der Waals surface area contributed by atoms with Crippen molar-refractivity contribution in [2.24, 2.45) is 7.05 Å². The Hall–Kier alpha value is -2.20. The maximum absolute atomic E-state index is 10.9. The van der Waals surface area contributed by atoms with Gasteiger partial charge in [0.05, 0.1) is 7.11 Å². The maximum Gasteiger partial charge on any atom is 0.217 e. The lowest BCUT2D eigenvalue weighted by atomic mass is 10.1. The zero-order chi connectivity index (χ0) is 21.9. The van der Waals surface area contributed by atoms with E-state index in [1.54, 1.807) is 6.92 Å². The molecular weight excluding hydrogens is 412 g/mol. The van der Waals surface area contributed by atoms with E-state index in [4.69, 9.17) is 0 Å². The number of nitrogens with zero attached hydrogens (tertiary/aromatic N) is 2. The van der Waals surface area contributed by atoms with Crippen LogP contribution in [0.25, 0.3) is 12.2 Å². The Morgan fingerprint density at radius 1 is 1.14 bits per heavy atom. The third kappa shape index (κ3) is 11.4. The lowest BCUT2D eigenvalue weighted by Gasteiger charge is -2.18. The largest absolute Gasteiger partial charge is 0.726 e. The molecule has 0 aliphatic rings. The highest BCUT2D eigenvalue weighted by Crippen LogP contribution is 2.16. The predicted octanol–water partition coefficient (Wildman–Crippen LogP) is 2.49. The molecule has 0 unspecified atom stereocenters. The molecule has 0 aliphatic carbocycles. The van der Waals surface area contributed by atoms with Crippen molar-refractivity contribution in [3.63, 3.8) is 0 Å². The van der Waals surface area contributed by atoms with Gasteiger partial charge >= 0.3 is 0 Å². The summed E-state index contributed by atoms with van der Waals surface area (Å²) >= 11 is 1.37. The third-order valence-electron chi connectivity index (χ3n) is 3.74. The van der Waals surface area contributed by atoms with Crippen LogP contribution in [0.1, 0.15) is 18.1 Å². The van der Waals surface area contributed by atoms with Gasteiger partial charge in [0, 0.05) is 44.1 Å². The molecule has 29 heavy (non-hydrogen) atoms. The fourth-order valence-corrected chi connectivity index (χ4v) is 2.76. The fraction of sp³-hybridized carbons (Fsp3) is 0.300. The summed E-state index contributed by atoms with van der Waals surface area (Å²) in [6.07, 6.45) is 8.31. The van der Waals surface area contributed by atoms with Crippen LogP contribution in [0.5, 0.6) is 0 Å². The predicted molar refractivity (Wildman–Crippen MR) is 116 cm³/mol. The Morgan fingerprint density at radius 2 is 1.62 bits per heavy atom. The number of carbonyl (C=O) groups excluding carboxylic acids is 1. The number of aryl methyl sites for hydroxylation is 1. The minimum absolute atomic E-state index is 0.174. The van der Waals surface area contributed by atoms with Gasteiger partial charge < -0.3 is 9.45 Å². The standard InChI is InChI=1S/C19H23N2OS.CH4O4S/c1-16(22)23-15-14-21(3)19-8-6-17(7-9-19)4-5-18-10-12-20(2)13-11-18;1-5-6(2,3)4/h4-13H,14-15H2,1-3H3;1H3,(H,2,3,4)/q+1;/p-1. The van der Waals surface area contributed by atoms with Crippen molar-refractivity contribution in [2.75, 3.05) is 31.4 Å². The van der Waals surface area contributed by atoms with Crippen LogP contribution in [-0.2, 0) is 26.4 Å². The van der Waals surface area contributed by atoms with E-state index < -0.39 is 10.4 Å². The fourth-order valence-electron chi connectivity index (χ4n) is 2.11. The minimum atomic E-state index is -4.41. The van der Waals surface area contributed by atoms with Crippen LogP contribution in [-0.4, -0.2) is 44.5 Å². The smallest absolute Gasteiger partial charge is 0.217 e. The molecule has 0 amide bonds. The second kappa shape index (κ2) is 12.4. The van der Waals surface area contributed by atoms with Crippen LogP contribution in [0.2, 0.25) is 0 Å². The van der Waals surface area contributed by atoms with Crippen molar-refractivity contribution < 1.29 is 26.5 Å². The topological polar surface area (TPSA) is 90.6 Å². The number of hydrogen-bond donors (Lipinski definition) is 0. The van der Waals surface area contributed by atoms with E-state index in [-0.39, 0.29) is 5.12 Å². The van der Waals surface area contributed by atoms with E-state index in [1.807, 2.05) is 24.0 Å². The molecule has 0 radical (unpaired) electrons. The van der Waals surface area contributed by atoms with E-state index >= 15 is 0 Å². The van der Waals surface area contributed by atoms with E-state index in [0.29, 0.717) is 0 Å². The summed E-state index contributed by atoms with van der Waals surface area (Å²) in [5, 5.41) is 0.174. The number of carbonyl (C=O) groups is 1. The average Bonchev–Trinajstić information content (AvgIpc) is 2.67. The molecule has 0 atom stereocenters. The van der Waals surface area contributed by atoms with Gasteiger partial charge in [-0.05, 0) is 23.3 Å². The van der Waals surface area contributed by atoms with E-state index in [1.165, 1.54) is 22.9 Å². The molecule has 0 spiro atoms. The molecule has 0 saturated heterocycles. The molecular formula is C20H26N2O5S2. The number of aromatic nitrogens is 1. The Kier molecular flexibility index (Phi) is 10.6. The van der Waals surface area contributed by atoms with Crippen molar-refractivity contribution in [3.05, 3.63) is 59.9 Å². The normalized spacial score (nSPS) is 11.1. The van der Waals surface area contributed by atoms with Crippen molar-refractivity contribution in [1.82, 2.24) is 0 Å². The zero-order valence-corrected chi connectivity index (χ0v) is 18.6. The molecule has 1 aromatic heterocycles. The molecule has 2 aromatic rings. The summed E-state index contributed by atoms with van der Waals surface area (Å²) in [7, 11) is 0.458.